The molecule has 11 heavy (non-hydrogen) atoms. The fourth-order valence-corrected chi connectivity index (χ4v) is 1.33. The molecule has 3 nitrogen and oxygen atoms in total. The maximum atomic E-state index is 12.1. The van der Waals surface area contributed by atoms with E-state index in [1.165, 1.54) is 0 Å². The van der Waals surface area contributed by atoms with E-state index in [9.17, 15) is 17.2 Å². The molecule has 0 aromatic heterocycles. The highest BCUT2D eigenvalue weighted by atomic mass is 35.5. The smallest absolute Gasteiger partial charge is 0.273 e. The lowest BCUT2D eigenvalue weighted by Crippen LogP contribution is -2.35. The zero-order valence-electron chi connectivity index (χ0n) is 5.88. The highest BCUT2D eigenvalue weighted by Crippen LogP contribution is 2.12. The molecule has 0 rings (SSSR count). The number of nitrogens with two attached hydrogens (primary N) is 1. The summed E-state index contributed by atoms with van der Waals surface area (Å²) in [6.45, 7) is -0.930. The summed E-state index contributed by atoms with van der Waals surface area (Å²) >= 11 is 0. The molecule has 0 aliphatic heterocycles. The highest BCUT2D eigenvalue weighted by Gasteiger charge is 2.31. The third-order valence-corrected chi connectivity index (χ3v) is 1.72. The lowest BCUT2D eigenvalue weighted by Gasteiger charge is -2.10. The van der Waals surface area contributed by atoms with Crippen molar-refractivity contribution < 1.29 is 17.2 Å². The van der Waals surface area contributed by atoms with Gasteiger partial charge in [-0.2, -0.15) is 0 Å². The molecule has 7 heteroatoms. The van der Waals surface area contributed by atoms with Gasteiger partial charge < -0.3 is 5.73 Å². The van der Waals surface area contributed by atoms with Crippen LogP contribution in [0.25, 0.3) is 0 Å². The van der Waals surface area contributed by atoms with Crippen LogP contribution in [0, 0.1) is 0 Å². The number of rotatable bonds is 3. The third-order valence-electron chi connectivity index (χ3n) is 0.772. The fraction of sp³-hybridized carbons (Fsp3) is 1.00. The molecular formula is C4H10ClF2NO2S. The molecule has 2 N–H and O–H groups in total. The first-order valence-electron chi connectivity index (χ1n) is 2.52. The van der Waals surface area contributed by atoms with Crippen LogP contribution in [0.2, 0.25) is 0 Å². The summed E-state index contributed by atoms with van der Waals surface area (Å²) in [5, 5.41) is 0. The second-order valence-corrected chi connectivity index (χ2v) is 4.27. The van der Waals surface area contributed by atoms with Crippen LogP contribution in [0.5, 0.6) is 0 Å². The lowest BCUT2D eigenvalue weighted by atomic mass is 10.4. The minimum Gasteiger partial charge on any atom is -0.325 e. The van der Waals surface area contributed by atoms with Gasteiger partial charge in [-0.3, -0.25) is 0 Å². The Hall–Kier alpha value is 0.0600. The molecule has 0 amide bonds. The molecule has 0 aliphatic rings. The quantitative estimate of drug-likeness (QED) is 0.715. The van der Waals surface area contributed by atoms with Gasteiger partial charge in [-0.15, -0.1) is 12.4 Å². The Morgan fingerprint density at radius 1 is 1.45 bits per heavy atom. The minimum atomic E-state index is -3.62. The van der Waals surface area contributed by atoms with Crippen molar-refractivity contribution in [1.29, 1.82) is 0 Å². The van der Waals surface area contributed by atoms with Gasteiger partial charge >= 0.3 is 0 Å². The average Bonchev–Trinajstić information content (AvgIpc) is 1.60. The highest BCUT2D eigenvalue weighted by molar-refractivity contribution is 7.90. The summed E-state index contributed by atoms with van der Waals surface area (Å²) in [4.78, 5) is 0. The van der Waals surface area contributed by atoms with Crippen LogP contribution < -0.4 is 5.73 Å². The van der Waals surface area contributed by atoms with E-state index in [2.05, 4.69) is 5.73 Å². The van der Waals surface area contributed by atoms with E-state index >= 15 is 0 Å². The van der Waals surface area contributed by atoms with Crippen molar-refractivity contribution in [2.24, 2.45) is 5.73 Å². The van der Waals surface area contributed by atoms with Crippen LogP contribution in [-0.4, -0.2) is 32.9 Å². The molecule has 0 heterocycles. The lowest BCUT2D eigenvalue weighted by molar-refractivity contribution is 0.0358. The summed E-state index contributed by atoms with van der Waals surface area (Å²) < 4.78 is 44.8. The van der Waals surface area contributed by atoms with Crippen LogP contribution in [-0.2, 0) is 9.84 Å². The van der Waals surface area contributed by atoms with Crippen molar-refractivity contribution in [1.82, 2.24) is 0 Å². The van der Waals surface area contributed by atoms with E-state index < -0.39 is 28.1 Å². The number of hydrogen-bond acceptors (Lipinski definition) is 3. The van der Waals surface area contributed by atoms with Crippen LogP contribution in [0.4, 0.5) is 8.78 Å². The van der Waals surface area contributed by atoms with Gasteiger partial charge in [0.25, 0.3) is 5.92 Å². The zero-order chi connectivity index (χ0) is 8.41. The molecule has 0 bridgehead atoms. The van der Waals surface area contributed by atoms with Gasteiger partial charge in [-0.25, -0.2) is 17.2 Å². The molecule has 0 atom stereocenters. The molecule has 0 spiro atoms. The van der Waals surface area contributed by atoms with E-state index in [1.54, 1.807) is 0 Å². The first kappa shape index (κ1) is 13.6. The average molecular weight is 210 g/mol. The van der Waals surface area contributed by atoms with E-state index in [4.69, 9.17) is 0 Å². The van der Waals surface area contributed by atoms with Gasteiger partial charge in [0, 0.05) is 6.26 Å². The Morgan fingerprint density at radius 3 is 1.91 bits per heavy atom. The molecule has 70 valence electrons. The van der Waals surface area contributed by atoms with Gasteiger partial charge in [-0.1, -0.05) is 0 Å². The molecule has 0 unspecified atom stereocenters. The van der Waals surface area contributed by atoms with Gasteiger partial charge in [-0.05, 0) is 0 Å². The number of sulfone groups is 1. The first-order valence-corrected chi connectivity index (χ1v) is 4.58. The van der Waals surface area contributed by atoms with Crippen molar-refractivity contribution in [3.05, 3.63) is 0 Å². The predicted octanol–water partition coefficient (Wildman–Crippen LogP) is 0.0468. The molecule has 0 saturated heterocycles. The molecular weight excluding hydrogens is 200 g/mol. The first-order chi connectivity index (χ1) is 4.27. The number of hydrogen-bond donors (Lipinski definition) is 1. The standard InChI is InChI=1S/C4H9F2NO2S.ClH/c1-10(8,9)3-4(5,6)2-7;/h2-3,7H2,1H3;1H. The monoisotopic (exact) mass is 209 g/mol. The maximum absolute atomic E-state index is 12.1. The van der Waals surface area contributed by atoms with Crippen LogP contribution in [0.3, 0.4) is 0 Å². The Balaban J connectivity index is 0. The topological polar surface area (TPSA) is 60.2 Å². The molecule has 0 aliphatic carbocycles. The Morgan fingerprint density at radius 2 is 1.82 bits per heavy atom. The van der Waals surface area contributed by atoms with Crippen LogP contribution >= 0.6 is 12.4 Å². The van der Waals surface area contributed by atoms with Crippen molar-refractivity contribution in [2.45, 2.75) is 5.92 Å². The zero-order valence-corrected chi connectivity index (χ0v) is 7.51. The van der Waals surface area contributed by atoms with E-state index in [-0.39, 0.29) is 12.4 Å². The van der Waals surface area contributed by atoms with Crippen molar-refractivity contribution in [3.63, 3.8) is 0 Å². The Bertz CT molecular complexity index is 204. The molecule has 0 radical (unpaired) electrons. The molecule has 0 aromatic rings. The fourth-order valence-electron chi connectivity index (χ4n) is 0.443. The van der Waals surface area contributed by atoms with E-state index in [0.717, 1.165) is 6.26 Å². The number of alkyl halides is 2. The maximum Gasteiger partial charge on any atom is 0.273 e. The van der Waals surface area contributed by atoms with Gasteiger partial charge in [0.2, 0.25) is 0 Å². The van der Waals surface area contributed by atoms with Gasteiger partial charge in [0.05, 0.1) is 6.54 Å². The summed E-state index contributed by atoms with van der Waals surface area (Å²) in [5.41, 5.74) is 4.60. The van der Waals surface area contributed by atoms with Gasteiger partial charge in [0.15, 0.2) is 9.84 Å². The largest absolute Gasteiger partial charge is 0.325 e. The second kappa shape index (κ2) is 4.18. The van der Waals surface area contributed by atoms with Crippen molar-refractivity contribution in [3.8, 4) is 0 Å². The summed E-state index contributed by atoms with van der Waals surface area (Å²) in [7, 11) is -3.62. The normalized spacial score (nSPS) is 12.4. The summed E-state index contributed by atoms with van der Waals surface area (Å²) in [6.07, 6.45) is 0.747. The molecule has 0 aromatic carbocycles. The molecule has 0 saturated carbocycles. The Labute approximate surface area is 70.3 Å². The van der Waals surface area contributed by atoms with E-state index in [0.29, 0.717) is 0 Å². The van der Waals surface area contributed by atoms with Gasteiger partial charge in [0.1, 0.15) is 5.75 Å². The summed E-state index contributed by atoms with van der Waals surface area (Å²) in [5.74, 6) is -4.45. The predicted molar refractivity (Wildman–Crippen MR) is 41.0 cm³/mol. The molecule has 0 fully saturated rings. The second-order valence-electron chi connectivity index (χ2n) is 2.13. The SMILES string of the molecule is CS(=O)(=O)CC(F)(F)CN.Cl. The van der Waals surface area contributed by atoms with Crippen molar-refractivity contribution >= 4 is 22.2 Å². The summed E-state index contributed by atoms with van der Waals surface area (Å²) in [6, 6.07) is 0. The van der Waals surface area contributed by atoms with Crippen LogP contribution in [0.15, 0.2) is 0 Å². The number of halogens is 3. The van der Waals surface area contributed by atoms with Crippen molar-refractivity contribution in [2.75, 3.05) is 18.6 Å². The van der Waals surface area contributed by atoms with Crippen LogP contribution in [0.1, 0.15) is 0 Å². The third kappa shape index (κ3) is 7.96. The Kier molecular flexibility index (Phi) is 5.18. The minimum absolute atomic E-state index is 0. The van der Waals surface area contributed by atoms with E-state index in [1.807, 2.05) is 0 Å².